The number of fused-ring (bicyclic) bond motifs is 1. The Labute approximate surface area is 155 Å². The molecular formula is C20H29N5O. The number of aryl methyl sites for hydroxylation is 3. The number of benzene rings is 1. The van der Waals surface area contributed by atoms with Gasteiger partial charge >= 0.3 is 0 Å². The fraction of sp³-hybridized carbons (Fsp3) is 0.500. The molecule has 1 aromatic carbocycles. The molecule has 2 heterocycles. The molecule has 2 aromatic rings. The molecule has 6 nitrogen and oxygen atoms in total. The number of oxazole rings is 1. The molecule has 0 bridgehead atoms. The predicted molar refractivity (Wildman–Crippen MR) is 106 cm³/mol. The van der Waals surface area contributed by atoms with Crippen molar-refractivity contribution < 1.29 is 4.42 Å². The van der Waals surface area contributed by atoms with Crippen molar-refractivity contribution in [1.29, 1.82) is 0 Å². The summed E-state index contributed by atoms with van der Waals surface area (Å²) >= 11 is 0. The number of nitrogens with one attached hydrogen (secondary N) is 2. The van der Waals surface area contributed by atoms with Crippen LogP contribution in [-0.4, -0.2) is 31.1 Å². The Bertz CT molecular complexity index is 761. The van der Waals surface area contributed by atoms with Gasteiger partial charge in [0.2, 0.25) is 5.89 Å². The Morgan fingerprint density at radius 1 is 1.31 bits per heavy atom. The normalized spacial score (nSPS) is 14.3. The van der Waals surface area contributed by atoms with Crippen LogP contribution in [0.25, 0.3) is 0 Å². The van der Waals surface area contributed by atoms with Gasteiger partial charge in [0.15, 0.2) is 5.96 Å². The lowest BCUT2D eigenvalue weighted by Crippen LogP contribution is -2.36. The van der Waals surface area contributed by atoms with Crippen molar-refractivity contribution in [1.82, 2.24) is 15.6 Å². The highest BCUT2D eigenvalue weighted by Crippen LogP contribution is 2.26. The minimum Gasteiger partial charge on any atom is -0.444 e. The van der Waals surface area contributed by atoms with Crippen LogP contribution >= 0.6 is 0 Å². The van der Waals surface area contributed by atoms with E-state index in [1.165, 1.54) is 23.2 Å². The molecule has 0 saturated heterocycles. The summed E-state index contributed by atoms with van der Waals surface area (Å²) in [5, 5.41) is 6.57. The number of hydrogen-bond donors (Lipinski definition) is 2. The van der Waals surface area contributed by atoms with Crippen LogP contribution in [0.15, 0.2) is 27.6 Å². The van der Waals surface area contributed by atoms with Crippen LogP contribution < -0.4 is 15.5 Å². The standard InChI is InChI=1S/C20H29N5O/c1-5-21-20(23-13-19-24-14(2)15(3)26-19)22-12-16-8-9-18-17(11-16)7-6-10-25(18)4/h8-9,11H,5-7,10,12-13H2,1-4H3,(H2,21,22,23). The summed E-state index contributed by atoms with van der Waals surface area (Å²) in [7, 11) is 2.16. The van der Waals surface area contributed by atoms with Crippen molar-refractivity contribution in [2.24, 2.45) is 4.99 Å². The second-order valence-electron chi connectivity index (χ2n) is 6.79. The van der Waals surface area contributed by atoms with E-state index in [4.69, 9.17) is 9.41 Å². The molecule has 26 heavy (non-hydrogen) atoms. The number of rotatable bonds is 5. The second-order valence-corrected chi connectivity index (χ2v) is 6.79. The third-order valence-corrected chi connectivity index (χ3v) is 4.74. The SMILES string of the molecule is CCNC(=NCc1ccc2c(c1)CCCN2C)NCc1nc(C)c(C)o1. The van der Waals surface area contributed by atoms with Crippen molar-refractivity contribution in [2.75, 3.05) is 25.0 Å². The molecule has 140 valence electrons. The van der Waals surface area contributed by atoms with Crippen molar-refractivity contribution in [3.63, 3.8) is 0 Å². The fourth-order valence-electron chi connectivity index (χ4n) is 3.22. The van der Waals surface area contributed by atoms with Crippen LogP contribution in [0, 0.1) is 13.8 Å². The average molecular weight is 355 g/mol. The first kappa shape index (κ1) is 18.3. The number of hydrogen-bond acceptors (Lipinski definition) is 4. The van der Waals surface area contributed by atoms with Gasteiger partial charge in [0, 0.05) is 25.8 Å². The van der Waals surface area contributed by atoms with E-state index in [-0.39, 0.29) is 0 Å². The molecule has 1 aliphatic rings. The Kier molecular flexibility index (Phi) is 5.81. The summed E-state index contributed by atoms with van der Waals surface area (Å²) in [6, 6.07) is 6.69. The number of guanidine groups is 1. The summed E-state index contributed by atoms with van der Waals surface area (Å²) < 4.78 is 5.62. The Morgan fingerprint density at radius 3 is 2.88 bits per heavy atom. The van der Waals surface area contributed by atoms with Crippen molar-refractivity contribution in [2.45, 2.75) is 46.7 Å². The maximum Gasteiger partial charge on any atom is 0.214 e. The van der Waals surface area contributed by atoms with Crippen LogP contribution in [0.3, 0.4) is 0 Å². The van der Waals surface area contributed by atoms with Crippen LogP contribution in [0.4, 0.5) is 5.69 Å². The summed E-state index contributed by atoms with van der Waals surface area (Å²) in [4.78, 5) is 11.4. The highest BCUT2D eigenvalue weighted by atomic mass is 16.4. The molecular weight excluding hydrogens is 326 g/mol. The van der Waals surface area contributed by atoms with Gasteiger partial charge in [0.05, 0.1) is 18.8 Å². The Balaban J connectivity index is 1.65. The second kappa shape index (κ2) is 8.25. The highest BCUT2D eigenvalue weighted by molar-refractivity contribution is 5.79. The number of aromatic nitrogens is 1. The molecule has 6 heteroatoms. The van der Waals surface area contributed by atoms with E-state index in [1.54, 1.807) is 0 Å². The summed E-state index contributed by atoms with van der Waals surface area (Å²) in [5.74, 6) is 2.32. The van der Waals surface area contributed by atoms with Gasteiger partial charge in [-0.15, -0.1) is 0 Å². The Hall–Kier alpha value is -2.50. The lowest BCUT2D eigenvalue weighted by molar-refractivity contribution is 0.463. The largest absolute Gasteiger partial charge is 0.444 e. The minimum absolute atomic E-state index is 0.523. The van der Waals surface area contributed by atoms with Crippen LogP contribution in [0.2, 0.25) is 0 Å². The van der Waals surface area contributed by atoms with Crippen LogP contribution in [0.1, 0.15) is 41.8 Å². The zero-order valence-electron chi connectivity index (χ0n) is 16.2. The van der Waals surface area contributed by atoms with Gasteiger partial charge in [0.1, 0.15) is 5.76 Å². The highest BCUT2D eigenvalue weighted by Gasteiger charge is 2.13. The molecule has 1 aliphatic heterocycles. The summed E-state index contributed by atoms with van der Waals surface area (Å²) in [5.41, 5.74) is 4.95. The smallest absolute Gasteiger partial charge is 0.214 e. The average Bonchev–Trinajstić information content (AvgIpc) is 2.95. The van der Waals surface area contributed by atoms with Crippen LogP contribution in [-0.2, 0) is 19.5 Å². The van der Waals surface area contributed by atoms with Crippen LogP contribution in [0.5, 0.6) is 0 Å². The molecule has 3 rings (SSSR count). The van der Waals surface area contributed by atoms with Crippen molar-refractivity contribution in [3.8, 4) is 0 Å². The molecule has 0 spiro atoms. The third-order valence-electron chi connectivity index (χ3n) is 4.74. The van der Waals surface area contributed by atoms with Crippen molar-refractivity contribution in [3.05, 3.63) is 46.7 Å². The molecule has 1 aromatic heterocycles. The predicted octanol–water partition coefficient (Wildman–Crippen LogP) is 2.93. The molecule has 0 fully saturated rings. The monoisotopic (exact) mass is 355 g/mol. The van der Waals surface area contributed by atoms with E-state index < -0.39 is 0 Å². The molecule has 0 atom stereocenters. The molecule has 0 radical (unpaired) electrons. The quantitative estimate of drug-likeness (QED) is 0.638. The topological polar surface area (TPSA) is 65.7 Å². The lowest BCUT2D eigenvalue weighted by Gasteiger charge is -2.27. The van der Waals surface area contributed by atoms with E-state index >= 15 is 0 Å². The lowest BCUT2D eigenvalue weighted by atomic mass is 10.00. The van der Waals surface area contributed by atoms with Gasteiger partial charge in [-0.05, 0) is 50.8 Å². The van der Waals surface area contributed by atoms with Gasteiger partial charge in [-0.1, -0.05) is 12.1 Å². The van der Waals surface area contributed by atoms with Crippen molar-refractivity contribution >= 4 is 11.6 Å². The van der Waals surface area contributed by atoms with Gasteiger partial charge in [-0.2, -0.15) is 0 Å². The summed E-state index contributed by atoms with van der Waals surface area (Å²) in [6.07, 6.45) is 2.37. The molecule has 0 unspecified atom stereocenters. The van der Waals surface area contributed by atoms with Gasteiger partial charge in [0.25, 0.3) is 0 Å². The number of nitrogens with zero attached hydrogens (tertiary/aromatic N) is 3. The van der Waals surface area contributed by atoms with E-state index in [0.29, 0.717) is 19.0 Å². The van der Waals surface area contributed by atoms with E-state index in [0.717, 1.165) is 36.9 Å². The Morgan fingerprint density at radius 2 is 2.15 bits per heavy atom. The summed E-state index contributed by atoms with van der Waals surface area (Å²) in [6.45, 7) is 9.06. The van der Waals surface area contributed by atoms with E-state index in [2.05, 4.69) is 52.7 Å². The van der Waals surface area contributed by atoms with Gasteiger partial charge < -0.3 is 20.0 Å². The minimum atomic E-state index is 0.523. The molecule has 0 amide bonds. The number of anilines is 1. The first-order chi connectivity index (χ1) is 12.6. The maximum absolute atomic E-state index is 5.62. The molecule has 2 N–H and O–H groups in total. The van der Waals surface area contributed by atoms with E-state index in [1.807, 2.05) is 13.8 Å². The first-order valence-electron chi connectivity index (χ1n) is 9.35. The zero-order valence-corrected chi connectivity index (χ0v) is 16.2. The van der Waals surface area contributed by atoms with E-state index in [9.17, 15) is 0 Å². The third kappa shape index (κ3) is 4.36. The fourth-order valence-corrected chi connectivity index (χ4v) is 3.22. The maximum atomic E-state index is 5.62. The number of aliphatic imine (C=N–C) groups is 1. The molecule has 0 saturated carbocycles. The molecule has 0 aliphatic carbocycles. The first-order valence-corrected chi connectivity index (χ1v) is 9.35. The van der Waals surface area contributed by atoms with Gasteiger partial charge in [-0.25, -0.2) is 9.98 Å². The zero-order chi connectivity index (χ0) is 18.5. The van der Waals surface area contributed by atoms with Gasteiger partial charge in [-0.3, -0.25) is 0 Å².